The Morgan fingerprint density at radius 1 is 0.909 bits per heavy atom. The second kappa shape index (κ2) is 12.8. The van der Waals surface area contributed by atoms with Gasteiger partial charge in [0.15, 0.2) is 6.29 Å². The van der Waals surface area contributed by atoms with Gasteiger partial charge in [-0.2, -0.15) is 0 Å². The van der Waals surface area contributed by atoms with Crippen LogP contribution >= 0.6 is 0 Å². The van der Waals surface area contributed by atoms with Crippen molar-refractivity contribution in [2.24, 2.45) is 5.73 Å². The van der Waals surface area contributed by atoms with Gasteiger partial charge < -0.3 is 71.0 Å². The zero-order chi connectivity index (χ0) is 25.5. The van der Waals surface area contributed by atoms with E-state index in [0.717, 1.165) is 0 Å². The number of carbonyl (C=O) groups is 2. The van der Waals surface area contributed by atoms with Crippen LogP contribution in [0.25, 0.3) is 0 Å². The molecule has 0 amide bonds. The maximum Gasteiger partial charge on any atom is 0.320 e. The summed E-state index contributed by atoms with van der Waals surface area (Å²) in [5.74, 6) is -4.42. The predicted octanol–water partition coefficient (Wildman–Crippen LogP) is -6.13. The van der Waals surface area contributed by atoms with Crippen LogP contribution in [-0.4, -0.2) is 144 Å². The number of rotatable bonds is 9. The van der Waals surface area contributed by atoms with Gasteiger partial charge in [0.25, 0.3) is 0 Å². The Hall–Kier alpha value is -1.54. The molecule has 0 bridgehead atoms. The smallest absolute Gasteiger partial charge is 0.320 e. The summed E-state index contributed by atoms with van der Waals surface area (Å²) in [5.41, 5.74) is 5.00. The maximum absolute atomic E-state index is 10.00. The molecule has 2 fully saturated rings. The molecule has 33 heavy (non-hydrogen) atoms. The van der Waals surface area contributed by atoms with Crippen molar-refractivity contribution in [3.8, 4) is 0 Å². The summed E-state index contributed by atoms with van der Waals surface area (Å²) < 4.78 is 15.4. The van der Waals surface area contributed by atoms with Gasteiger partial charge in [-0.15, -0.1) is 0 Å². The molecule has 2 rings (SSSR count). The highest BCUT2D eigenvalue weighted by atomic mass is 16.8. The largest absolute Gasteiger partial charge is 0.481 e. The molecule has 2 heterocycles. The Labute approximate surface area is 187 Å². The van der Waals surface area contributed by atoms with E-state index in [1.54, 1.807) is 0 Å². The molecule has 2 aliphatic heterocycles. The van der Waals surface area contributed by atoms with Crippen molar-refractivity contribution >= 4 is 11.9 Å². The van der Waals surface area contributed by atoms with Crippen molar-refractivity contribution in [3.63, 3.8) is 0 Å². The lowest BCUT2D eigenvalue weighted by Crippen LogP contribution is -2.62. The number of aliphatic hydroxyl groups excluding tert-OH is 8. The van der Waals surface area contributed by atoms with E-state index in [1.165, 1.54) is 0 Å². The number of hydrogen-bond donors (Lipinski definition) is 11. The zero-order valence-electron chi connectivity index (χ0n) is 17.3. The summed E-state index contributed by atoms with van der Waals surface area (Å²) in [7, 11) is 0. The molecule has 194 valence electrons. The fourth-order valence-electron chi connectivity index (χ4n) is 3.03. The number of aliphatic carboxylic acids is 2. The van der Waals surface area contributed by atoms with E-state index in [-0.39, 0.29) is 12.8 Å². The molecule has 2 saturated heterocycles. The molecule has 0 aliphatic carbocycles. The Kier molecular flexibility index (Phi) is 11.4. The van der Waals surface area contributed by atoms with E-state index in [0.29, 0.717) is 0 Å². The minimum Gasteiger partial charge on any atom is -0.481 e. The summed E-state index contributed by atoms with van der Waals surface area (Å²) >= 11 is 0. The molecule has 16 nitrogen and oxygen atoms in total. The number of aliphatic hydroxyl groups is 8. The monoisotopic (exact) mass is 489 g/mol. The van der Waals surface area contributed by atoms with Crippen LogP contribution in [-0.2, 0) is 23.8 Å². The number of hydrogen-bond acceptors (Lipinski definition) is 14. The van der Waals surface area contributed by atoms with E-state index in [1.807, 2.05) is 0 Å². The summed E-state index contributed by atoms with van der Waals surface area (Å²) in [4.78, 5) is 19.9. The summed E-state index contributed by atoms with van der Waals surface area (Å²) in [6.07, 6.45) is -12.9. The van der Waals surface area contributed by atoms with Gasteiger partial charge in [-0.3, -0.25) is 9.59 Å². The molecule has 0 saturated carbocycles. The van der Waals surface area contributed by atoms with Crippen molar-refractivity contribution in [2.75, 3.05) is 19.8 Å². The first-order valence-electron chi connectivity index (χ1n) is 9.79. The molecule has 0 aromatic heterocycles. The van der Waals surface area contributed by atoms with Crippen LogP contribution in [0.3, 0.4) is 0 Å². The first-order valence-corrected chi connectivity index (χ1v) is 9.79. The standard InChI is InChI=1S/C12H22O11.C5H9NO4/c13-1-4-6(16)8(18)9(19)11(21-4)23-12(3-15)10(20)7(17)5(2-14)22-12;6-3(5(9)10)1-2-4(7)8/h4-11,13-20H,1-3H2;3H,1-2,6H2,(H,7,8)(H,9,10)/t4-,5-,6-,7-,8+,9-,10+,11-,12?;/m1./s1. The van der Waals surface area contributed by atoms with Crippen molar-refractivity contribution in [1.82, 2.24) is 0 Å². The van der Waals surface area contributed by atoms with Crippen LogP contribution < -0.4 is 5.73 Å². The molecular formula is C17H31NO15. The minimum absolute atomic E-state index is 0.0231. The summed E-state index contributed by atoms with van der Waals surface area (Å²) in [6.45, 7) is -2.32. The number of nitrogens with two attached hydrogens (primary N) is 1. The normalized spacial score (nSPS) is 39.4. The van der Waals surface area contributed by atoms with Gasteiger partial charge in [0, 0.05) is 6.42 Å². The second-order valence-corrected chi connectivity index (χ2v) is 7.44. The zero-order valence-corrected chi connectivity index (χ0v) is 17.3. The Balaban J connectivity index is 0.000000461. The topological polar surface area (TPSA) is 290 Å². The van der Waals surface area contributed by atoms with Gasteiger partial charge in [0.1, 0.15) is 55.4 Å². The van der Waals surface area contributed by atoms with Crippen LogP contribution in [0.4, 0.5) is 0 Å². The highest BCUT2D eigenvalue weighted by Crippen LogP contribution is 2.35. The number of ether oxygens (including phenoxy) is 3. The van der Waals surface area contributed by atoms with Crippen molar-refractivity contribution in [3.05, 3.63) is 0 Å². The molecule has 2 aliphatic rings. The van der Waals surface area contributed by atoms with Crippen LogP contribution in [0.15, 0.2) is 0 Å². The van der Waals surface area contributed by atoms with E-state index >= 15 is 0 Å². The van der Waals surface area contributed by atoms with Gasteiger partial charge in [-0.25, -0.2) is 0 Å². The van der Waals surface area contributed by atoms with Crippen molar-refractivity contribution in [2.45, 2.75) is 73.7 Å². The Morgan fingerprint density at radius 2 is 1.48 bits per heavy atom. The van der Waals surface area contributed by atoms with Gasteiger partial charge in [0.2, 0.25) is 5.79 Å². The first kappa shape index (κ1) is 29.5. The molecule has 0 radical (unpaired) electrons. The SMILES string of the molecule is NC(CCC(=O)O)C(=O)O.OC[C@H]1OC(CO)(O[C@H]2O[C@H](CO)[C@@H](O)[C@H](O)[C@H]2O)[C@@H](O)[C@@H]1O. The molecule has 10 atom stereocenters. The van der Waals surface area contributed by atoms with E-state index < -0.39 is 92.6 Å². The highest BCUT2D eigenvalue weighted by Gasteiger charge is 2.58. The van der Waals surface area contributed by atoms with Crippen molar-refractivity contribution < 1.29 is 74.9 Å². The summed E-state index contributed by atoms with van der Waals surface area (Å²) in [5, 5.41) is 92.9. The summed E-state index contributed by atoms with van der Waals surface area (Å²) in [6, 6.07) is -1.06. The van der Waals surface area contributed by atoms with E-state index in [9.17, 15) is 40.2 Å². The third kappa shape index (κ3) is 7.22. The quantitative estimate of drug-likeness (QED) is 0.143. The van der Waals surface area contributed by atoms with Crippen LogP contribution in [0, 0.1) is 0 Å². The van der Waals surface area contributed by atoms with E-state index in [2.05, 4.69) is 0 Å². The predicted molar refractivity (Wildman–Crippen MR) is 101 cm³/mol. The van der Waals surface area contributed by atoms with Gasteiger partial charge >= 0.3 is 11.9 Å². The molecule has 0 spiro atoms. The Bertz CT molecular complexity index is 636. The van der Waals surface area contributed by atoms with Crippen LogP contribution in [0.1, 0.15) is 12.8 Å². The Morgan fingerprint density at radius 3 is 1.91 bits per heavy atom. The van der Waals surface area contributed by atoms with Crippen molar-refractivity contribution in [1.29, 1.82) is 0 Å². The fourth-order valence-corrected chi connectivity index (χ4v) is 3.03. The fraction of sp³-hybridized carbons (Fsp3) is 0.882. The third-order valence-electron chi connectivity index (χ3n) is 5.06. The van der Waals surface area contributed by atoms with Crippen LogP contribution in [0.5, 0.6) is 0 Å². The molecular weight excluding hydrogens is 458 g/mol. The number of carboxylic acids is 2. The molecule has 2 unspecified atom stereocenters. The van der Waals surface area contributed by atoms with Crippen LogP contribution in [0.2, 0.25) is 0 Å². The molecule has 0 aromatic rings. The van der Waals surface area contributed by atoms with Gasteiger partial charge in [0.05, 0.1) is 13.2 Å². The highest BCUT2D eigenvalue weighted by molar-refractivity contribution is 5.74. The lowest BCUT2D eigenvalue weighted by atomic mass is 9.99. The molecule has 0 aromatic carbocycles. The van der Waals surface area contributed by atoms with E-state index in [4.69, 9.17) is 40.4 Å². The lowest BCUT2D eigenvalue weighted by molar-refractivity contribution is -0.383. The average Bonchev–Trinajstić information content (AvgIpc) is 3.03. The maximum atomic E-state index is 10.00. The van der Waals surface area contributed by atoms with Gasteiger partial charge in [-0.05, 0) is 6.42 Å². The van der Waals surface area contributed by atoms with Gasteiger partial charge in [-0.1, -0.05) is 0 Å². The first-order chi connectivity index (χ1) is 15.3. The average molecular weight is 489 g/mol. The lowest BCUT2D eigenvalue weighted by Gasteiger charge is -2.43. The molecule has 16 heteroatoms. The molecule has 12 N–H and O–H groups in total. The third-order valence-corrected chi connectivity index (χ3v) is 5.06. The second-order valence-electron chi connectivity index (χ2n) is 7.44. The number of carboxylic acid groups (broad SMARTS) is 2. The minimum atomic E-state index is -2.22.